The Kier molecular flexibility index (Phi) is 4.86. The number of imidazole rings is 1. The van der Waals surface area contributed by atoms with Gasteiger partial charge in [0.05, 0.1) is 28.4 Å². The molecular formula is C21H17ClF3N3O. The van der Waals surface area contributed by atoms with Crippen LogP contribution in [0.3, 0.4) is 0 Å². The van der Waals surface area contributed by atoms with Crippen LogP contribution in [-0.2, 0) is 19.1 Å². The molecule has 4 nitrogen and oxygen atoms in total. The zero-order valence-electron chi connectivity index (χ0n) is 15.5. The number of aryl methyl sites for hydroxylation is 1. The van der Waals surface area contributed by atoms with Crippen molar-refractivity contribution in [2.45, 2.75) is 26.1 Å². The minimum absolute atomic E-state index is 0.149. The molecule has 0 unspecified atom stereocenters. The van der Waals surface area contributed by atoms with Crippen molar-refractivity contribution in [1.29, 1.82) is 0 Å². The minimum atomic E-state index is -4.62. The van der Waals surface area contributed by atoms with Crippen LogP contribution in [0.5, 0.6) is 0 Å². The third-order valence-corrected chi connectivity index (χ3v) is 5.43. The van der Waals surface area contributed by atoms with Crippen molar-refractivity contribution in [2.24, 2.45) is 0 Å². The van der Waals surface area contributed by atoms with Crippen molar-refractivity contribution in [2.75, 3.05) is 6.54 Å². The quantitative estimate of drug-likeness (QED) is 0.583. The van der Waals surface area contributed by atoms with Gasteiger partial charge in [-0.05, 0) is 31.2 Å². The van der Waals surface area contributed by atoms with Gasteiger partial charge in [-0.1, -0.05) is 35.9 Å². The summed E-state index contributed by atoms with van der Waals surface area (Å²) in [4.78, 5) is 19.0. The van der Waals surface area contributed by atoms with Gasteiger partial charge in [0.2, 0.25) is 0 Å². The molecule has 3 aromatic rings. The molecule has 0 spiro atoms. The Balaban J connectivity index is 1.64. The molecule has 1 aromatic heterocycles. The molecule has 0 aliphatic carbocycles. The average Bonchev–Trinajstić information content (AvgIpc) is 3.02. The van der Waals surface area contributed by atoms with Crippen LogP contribution in [0, 0.1) is 6.92 Å². The third-order valence-electron chi connectivity index (χ3n) is 5.02. The molecular weight excluding hydrogens is 403 g/mol. The van der Waals surface area contributed by atoms with Crippen LogP contribution in [0.2, 0.25) is 5.02 Å². The predicted molar refractivity (Wildman–Crippen MR) is 103 cm³/mol. The number of hydrogen-bond donors (Lipinski definition) is 0. The summed E-state index contributed by atoms with van der Waals surface area (Å²) in [6, 6.07) is 13.2. The number of aromatic nitrogens is 2. The topological polar surface area (TPSA) is 38.1 Å². The highest BCUT2D eigenvalue weighted by molar-refractivity contribution is 6.34. The zero-order chi connectivity index (χ0) is 20.8. The summed E-state index contributed by atoms with van der Waals surface area (Å²) in [5, 5.41) is -0.568. The Morgan fingerprint density at radius 2 is 1.83 bits per heavy atom. The zero-order valence-corrected chi connectivity index (χ0v) is 16.3. The SMILES string of the molecule is Cc1nc2c(n1-c1ccccc1)CCN(C(=O)c1cccc(C(F)(F)F)c1Cl)C2. The lowest BCUT2D eigenvalue weighted by molar-refractivity contribution is -0.137. The van der Waals surface area contributed by atoms with Crippen LogP contribution >= 0.6 is 11.6 Å². The fourth-order valence-electron chi connectivity index (χ4n) is 3.70. The molecule has 0 radical (unpaired) electrons. The van der Waals surface area contributed by atoms with Gasteiger partial charge < -0.3 is 9.47 Å². The molecule has 150 valence electrons. The van der Waals surface area contributed by atoms with Crippen LogP contribution in [-0.4, -0.2) is 26.9 Å². The van der Waals surface area contributed by atoms with E-state index < -0.39 is 22.7 Å². The van der Waals surface area contributed by atoms with Gasteiger partial charge in [-0.15, -0.1) is 0 Å². The Morgan fingerprint density at radius 3 is 2.52 bits per heavy atom. The summed E-state index contributed by atoms with van der Waals surface area (Å²) in [5.41, 5.74) is 1.58. The number of hydrogen-bond acceptors (Lipinski definition) is 2. The summed E-state index contributed by atoms with van der Waals surface area (Å²) in [6.45, 7) is 2.49. The van der Waals surface area contributed by atoms with E-state index >= 15 is 0 Å². The van der Waals surface area contributed by atoms with Gasteiger partial charge in [-0.25, -0.2) is 4.98 Å². The Bertz CT molecular complexity index is 1080. The van der Waals surface area contributed by atoms with E-state index in [1.54, 1.807) is 0 Å². The highest BCUT2D eigenvalue weighted by atomic mass is 35.5. The van der Waals surface area contributed by atoms with Crippen molar-refractivity contribution in [3.05, 3.63) is 81.9 Å². The summed E-state index contributed by atoms with van der Waals surface area (Å²) in [5.74, 6) is 0.270. The first-order valence-electron chi connectivity index (χ1n) is 9.05. The van der Waals surface area contributed by atoms with E-state index in [1.165, 1.54) is 17.0 Å². The van der Waals surface area contributed by atoms with Crippen molar-refractivity contribution >= 4 is 17.5 Å². The molecule has 1 aliphatic heterocycles. The van der Waals surface area contributed by atoms with Gasteiger partial charge in [-0.3, -0.25) is 4.79 Å². The molecule has 0 fully saturated rings. The maximum absolute atomic E-state index is 13.1. The number of benzene rings is 2. The minimum Gasteiger partial charge on any atom is -0.332 e. The fraction of sp³-hybridized carbons (Fsp3) is 0.238. The van der Waals surface area contributed by atoms with Gasteiger partial charge >= 0.3 is 6.18 Å². The number of fused-ring (bicyclic) bond motifs is 1. The smallest absolute Gasteiger partial charge is 0.332 e. The third kappa shape index (κ3) is 3.51. The lowest BCUT2D eigenvalue weighted by atomic mass is 10.1. The van der Waals surface area contributed by atoms with Crippen LogP contribution in [0.15, 0.2) is 48.5 Å². The summed E-state index contributed by atoms with van der Waals surface area (Å²) >= 11 is 5.93. The number of amides is 1. The fourth-order valence-corrected chi connectivity index (χ4v) is 4.01. The molecule has 29 heavy (non-hydrogen) atoms. The molecule has 2 heterocycles. The highest BCUT2D eigenvalue weighted by Crippen LogP contribution is 2.37. The molecule has 8 heteroatoms. The Labute approximate surface area is 170 Å². The Morgan fingerprint density at radius 1 is 1.10 bits per heavy atom. The Hall–Kier alpha value is -2.80. The first-order chi connectivity index (χ1) is 13.8. The standard InChI is InChI=1S/C21H17ClF3N3O/c1-13-26-17-12-27(11-10-18(17)28(13)14-6-3-2-4-7-14)20(29)15-8-5-9-16(19(15)22)21(23,24)25/h2-9H,10-12H2,1H3. The molecule has 1 aliphatic rings. The van der Waals surface area contributed by atoms with E-state index in [0.29, 0.717) is 13.0 Å². The van der Waals surface area contributed by atoms with Gasteiger partial charge in [0.1, 0.15) is 5.82 Å². The number of halogens is 4. The molecule has 0 N–H and O–H groups in total. The first-order valence-corrected chi connectivity index (χ1v) is 9.42. The number of carbonyl (C=O) groups excluding carboxylic acids is 1. The molecule has 0 atom stereocenters. The molecule has 4 rings (SSSR count). The lowest BCUT2D eigenvalue weighted by Crippen LogP contribution is -2.36. The number of carbonyl (C=O) groups is 1. The van der Waals surface area contributed by atoms with E-state index in [-0.39, 0.29) is 12.1 Å². The van der Waals surface area contributed by atoms with Crippen molar-refractivity contribution < 1.29 is 18.0 Å². The maximum Gasteiger partial charge on any atom is 0.417 e. The van der Waals surface area contributed by atoms with Crippen molar-refractivity contribution in [3.8, 4) is 5.69 Å². The van der Waals surface area contributed by atoms with E-state index in [9.17, 15) is 18.0 Å². The molecule has 2 aromatic carbocycles. The van der Waals surface area contributed by atoms with Gasteiger partial charge in [0.25, 0.3) is 5.91 Å². The largest absolute Gasteiger partial charge is 0.417 e. The van der Waals surface area contributed by atoms with Crippen LogP contribution in [0.25, 0.3) is 5.69 Å². The van der Waals surface area contributed by atoms with Gasteiger partial charge in [0, 0.05) is 24.3 Å². The summed E-state index contributed by atoms with van der Waals surface area (Å²) < 4.78 is 41.4. The molecule has 1 amide bonds. The van der Waals surface area contributed by atoms with E-state index in [1.807, 2.05) is 37.3 Å². The van der Waals surface area contributed by atoms with Gasteiger partial charge in [0.15, 0.2) is 0 Å². The summed E-state index contributed by atoms with van der Waals surface area (Å²) in [7, 11) is 0. The predicted octanol–water partition coefficient (Wildman–Crippen LogP) is 5.05. The number of alkyl halides is 3. The number of nitrogens with zero attached hydrogens (tertiary/aromatic N) is 3. The number of para-hydroxylation sites is 1. The lowest BCUT2D eigenvalue weighted by Gasteiger charge is -2.28. The number of rotatable bonds is 2. The average molecular weight is 420 g/mol. The van der Waals surface area contributed by atoms with Crippen molar-refractivity contribution in [1.82, 2.24) is 14.5 Å². The van der Waals surface area contributed by atoms with Crippen LogP contribution in [0.4, 0.5) is 13.2 Å². The first kappa shape index (κ1) is 19.5. The van der Waals surface area contributed by atoms with Crippen molar-refractivity contribution in [3.63, 3.8) is 0 Å². The maximum atomic E-state index is 13.1. The van der Waals surface area contributed by atoms with E-state index in [4.69, 9.17) is 11.6 Å². The van der Waals surface area contributed by atoms with E-state index in [0.717, 1.165) is 29.0 Å². The van der Waals surface area contributed by atoms with Crippen LogP contribution < -0.4 is 0 Å². The van der Waals surface area contributed by atoms with E-state index in [2.05, 4.69) is 9.55 Å². The second kappa shape index (κ2) is 7.22. The molecule has 0 saturated carbocycles. The molecule has 0 saturated heterocycles. The van der Waals surface area contributed by atoms with Crippen LogP contribution in [0.1, 0.15) is 33.1 Å². The summed E-state index contributed by atoms with van der Waals surface area (Å²) in [6.07, 6.45) is -4.07. The molecule has 0 bridgehead atoms. The normalized spacial score (nSPS) is 14.0. The second-order valence-electron chi connectivity index (χ2n) is 6.86. The van der Waals surface area contributed by atoms with Gasteiger partial charge in [-0.2, -0.15) is 13.2 Å². The second-order valence-corrected chi connectivity index (χ2v) is 7.24. The monoisotopic (exact) mass is 419 g/mol. The highest BCUT2D eigenvalue weighted by Gasteiger charge is 2.36.